The molecule has 2 N–H and O–H groups in total. The van der Waals surface area contributed by atoms with E-state index in [1.165, 1.54) is 5.56 Å². The highest BCUT2D eigenvalue weighted by Crippen LogP contribution is 2.11. The molecule has 0 spiro atoms. The summed E-state index contributed by atoms with van der Waals surface area (Å²) < 4.78 is 0. The van der Waals surface area contributed by atoms with Crippen LogP contribution in [0.4, 0.5) is 5.69 Å². The predicted molar refractivity (Wildman–Crippen MR) is 94.6 cm³/mol. The minimum atomic E-state index is 0.586. The Labute approximate surface area is 132 Å². The van der Waals surface area contributed by atoms with Gasteiger partial charge < -0.3 is 10.6 Å². The van der Waals surface area contributed by atoms with E-state index < -0.39 is 0 Å². The third kappa shape index (κ3) is 5.56. The fourth-order valence-corrected chi connectivity index (χ4v) is 2.44. The van der Waals surface area contributed by atoms with E-state index in [2.05, 4.69) is 47.9 Å². The summed E-state index contributed by atoms with van der Waals surface area (Å²) in [6, 6.07) is 20.6. The first-order chi connectivity index (χ1) is 10.3. The molecule has 0 bridgehead atoms. The molecule has 0 aliphatic heterocycles. The Bertz CT molecular complexity index is 540. The average Bonchev–Trinajstić information content (AvgIpc) is 2.53. The zero-order valence-corrected chi connectivity index (χ0v) is 13.2. The van der Waals surface area contributed by atoms with E-state index in [0.717, 1.165) is 25.1 Å². The normalized spacial score (nSPS) is 11.7. The number of nitrogens with one attached hydrogen (secondary N) is 2. The molecule has 2 rings (SSSR count). The SMILES string of the molecule is CC[C@H](CNC(=S)Nc1ccccc1)Cc1ccccc1. The second kappa shape index (κ2) is 8.42. The molecule has 1 atom stereocenters. The number of hydrogen-bond donors (Lipinski definition) is 2. The molecule has 0 radical (unpaired) electrons. The van der Waals surface area contributed by atoms with Crippen molar-refractivity contribution in [1.82, 2.24) is 5.32 Å². The number of thiocarbonyl (C=S) groups is 1. The van der Waals surface area contributed by atoms with Gasteiger partial charge in [0, 0.05) is 12.2 Å². The van der Waals surface area contributed by atoms with Gasteiger partial charge in [-0.15, -0.1) is 0 Å². The van der Waals surface area contributed by atoms with Gasteiger partial charge in [0.15, 0.2) is 5.11 Å². The highest BCUT2D eigenvalue weighted by molar-refractivity contribution is 7.80. The van der Waals surface area contributed by atoms with Crippen LogP contribution in [0.1, 0.15) is 18.9 Å². The molecule has 2 aromatic carbocycles. The first kappa shape index (κ1) is 15.5. The molecular weight excluding hydrogens is 276 g/mol. The fourth-order valence-electron chi connectivity index (χ4n) is 2.24. The molecule has 0 heterocycles. The molecule has 2 nitrogen and oxygen atoms in total. The number of rotatable bonds is 6. The lowest BCUT2D eigenvalue weighted by molar-refractivity contribution is 0.498. The summed E-state index contributed by atoms with van der Waals surface area (Å²) in [4.78, 5) is 0. The molecule has 0 saturated heterocycles. The third-order valence-electron chi connectivity index (χ3n) is 3.53. The van der Waals surface area contributed by atoms with Crippen LogP contribution in [-0.2, 0) is 6.42 Å². The van der Waals surface area contributed by atoms with E-state index in [9.17, 15) is 0 Å². The number of para-hydroxylation sites is 1. The maximum absolute atomic E-state index is 5.34. The molecule has 110 valence electrons. The van der Waals surface area contributed by atoms with E-state index in [-0.39, 0.29) is 0 Å². The molecule has 0 aromatic heterocycles. The van der Waals surface area contributed by atoms with Crippen molar-refractivity contribution in [3.05, 3.63) is 66.2 Å². The molecule has 0 saturated carbocycles. The lowest BCUT2D eigenvalue weighted by atomic mass is 9.97. The molecule has 0 aliphatic rings. The van der Waals surface area contributed by atoms with Crippen molar-refractivity contribution in [2.45, 2.75) is 19.8 Å². The zero-order chi connectivity index (χ0) is 14.9. The Kier molecular flexibility index (Phi) is 6.22. The Morgan fingerprint density at radius 2 is 1.62 bits per heavy atom. The van der Waals surface area contributed by atoms with Crippen LogP contribution in [0.25, 0.3) is 0 Å². The highest BCUT2D eigenvalue weighted by atomic mass is 32.1. The lowest BCUT2D eigenvalue weighted by Crippen LogP contribution is -2.33. The van der Waals surface area contributed by atoms with Crippen LogP contribution < -0.4 is 10.6 Å². The molecule has 0 fully saturated rings. The quantitative estimate of drug-likeness (QED) is 0.780. The monoisotopic (exact) mass is 298 g/mol. The van der Waals surface area contributed by atoms with E-state index in [1.807, 2.05) is 30.3 Å². The molecule has 0 unspecified atom stereocenters. The van der Waals surface area contributed by atoms with Gasteiger partial charge in [-0.1, -0.05) is 61.9 Å². The summed E-state index contributed by atoms with van der Waals surface area (Å²) in [5, 5.41) is 7.22. The van der Waals surface area contributed by atoms with Crippen LogP contribution in [0.15, 0.2) is 60.7 Å². The second-order valence-corrected chi connectivity index (χ2v) is 5.57. The van der Waals surface area contributed by atoms with Crippen molar-refractivity contribution in [2.75, 3.05) is 11.9 Å². The fraction of sp³-hybridized carbons (Fsp3) is 0.278. The van der Waals surface area contributed by atoms with Crippen LogP contribution in [0.2, 0.25) is 0 Å². The summed E-state index contributed by atoms with van der Waals surface area (Å²) in [5.74, 6) is 0.586. The van der Waals surface area contributed by atoms with Gasteiger partial charge in [0.25, 0.3) is 0 Å². The van der Waals surface area contributed by atoms with Gasteiger partial charge >= 0.3 is 0 Å². The molecule has 3 heteroatoms. The molecule has 0 amide bonds. The number of anilines is 1. The smallest absolute Gasteiger partial charge is 0.170 e. The van der Waals surface area contributed by atoms with E-state index in [4.69, 9.17) is 12.2 Å². The van der Waals surface area contributed by atoms with Gasteiger partial charge in [0.2, 0.25) is 0 Å². The lowest BCUT2D eigenvalue weighted by Gasteiger charge is -2.17. The van der Waals surface area contributed by atoms with Crippen molar-refractivity contribution in [2.24, 2.45) is 5.92 Å². The first-order valence-electron chi connectivity index (χ1n) is 7.41. The Morgan fingerprint density at radius 1 is 1.00 bits per heavy atom. The van der Waals surface area contributed by atoms with Gasteiger partial charge in [0.1, 0.15) is 0 Å². The van der Waals surface area contributed by atoms with Gasteiger partial charge in [-0.05, 0) is 42.3 Å². The number of benzene rings is 2. The van der Waals surface area contributed by atoms with Gasteiger partial charge in [0.05, 0.1) is 0 Å². The standard InChI is InChI=1S/C18H22N2S/c1-2-15(13-16-9-5-3-6-10-16)14-19-18(21)20-17-11-7-4-8-12-17/h3-12,15H,2,13-14H2,1H3,(H2,19,20,21)/t15-/m0/s1. The highest BCUT2D eigenvalue weighted by Gasteiger charge is 2.08. The summed E-state index contributed by atoms with van der Waals surface area (Å²) in [5.41, 5.74) is 2.40. The first-order valence-corrected chi connectivity index (χ1v) is 7.82. The zero-order valence-electron chi connectivity index (χ0n) is 12.4. The molecule has 2 aromatic rings. The summed E-state index contributed by atoms with van der Waals surface area (Å²) >= 11 is 5.34. The summed E-state index contributed by atoms with van der Waals surface area (Å²) in [7, 11) is 0. The minimum Gasteiger partial charge on any atom is -0.362 e. The third-order valence-corrected chi connectivity index (χ3v) is 3.77. The van der Waals surface area contributed by atoms with Gasteiger partial charge in [-0.3, -0.25) is 0 Å². The van der Waals surface area contributed by atoms with Crippen molar-refractivity contribution in [3.63, 3.8) is 0 Å². The summed E-state index contributed by atoms with van der Waals surface area (Å²) in [6.45, 7) is 3.12. The van der Waals surface area contributed by atoms with Crippen molar-refractivity contribution >= 4 is 23.0 Å². The van der Waals surface area contributed by atoms with Crippen LogP contribution in [0, 0.1) is 5.92 Å². The van der Waals surface area contributed by atoms with Crippen molar-refractivity contribution in [1.29, 1.82) is 0 Å². The van der Waals surface area contributed by atoms with Crippen LogP contribution in [-0.4, -0.2) is 11.7 Å². The van der Waals surface area contributed by atoms with Gasteiger partial charge in [-0.25, -0.2) is 0 Å². The van der Waals surface area contributed by atoms with Crippen LogP contribution >= 0.6 is 12.2 Å². The van der Waals surface area contributed by atoms with E-state index >= 15 is 0 Å². The van der Waals surface area contributed by atoms with Crippen LogP contribution in [0.5, 0.6) is 0 Å². The minimum absolute atomic E-state index is 0.586. The molecular formula is C18H22N2S. The maximum Gasteiger partial charge on any atom is 0.170 e. The number of hydrogen-bond acceptors (Lipinski definition) is 1. The maximum atomic E-state index is 5.34. The predicted octanol–water partition coefficient (Wildman–Crippen LogP) is 4.24. The Morgan fingerprint density at radius 3 is 2.24 bits per heavy atom. The summed E-state index contributed by atoms with van der Waals surface area (Å²) in [6.07, 6.45) is 2.22. The largest absolute Gasteiger partial charge is 0.362 e. The molecule has 21 heavy (non-hydrogen) atoms. The second-order valence-electron chi connectivity index (χ2n) is 5.17. The van der Waals surface area contributed by atoms with E-state index in [0.29, 0.717) is 11.0 Å². The van der Waals surface area contributed by atoms with Crippen molar-refractivity contribution in [3.8, 4) is 0 Å². The topological polar surface area (TPSA) is 24.1 Å². The van der Waals surface area contributed by atoms with Crippen molar-refractivity contribution < 1.29 is 0 Å². The Hall–Kier alpha value is -1.87. The van der Waals surface area contributed by atoms with Gasteiger partial charge in [-0.2, -0.15) is 0 Å². The van der Waals surface area contributed by atoms with Crippen LogP contribution in [0.3, 0.4) is 0 Å². The average molecular weight is 298 g/mol. The Balaban J connectivity index is 1.79. The molecule has 0 aliphatic carbocycles. The van der Waals surface area contributed by atoms with E-state index in [1.54, 1.807) is 0 Å².